The molecule has 230 valence electrons. The highest BCUT2D eigenvalue weighted by atomic mass is 19.2. The average molecular weight is 591 g/mol. The third-order valence-corrected chi connectivity index (χ3v) is 8.01. The van der Waals surface area contributed by atoms with E-state index < -0.39 is 41.3 Å². The van der Waals surface area contributed by atoms with Crippen molar-refractivity contribution in [2.24, 2.45) is 0 Å². The zero-order valence-corrected chi connectivity index (χ0v) is 24.4. The summed E-state index contributed by atoms with van der Waals surface area (Å²) in [6.07, 6.45) is -1.36. The largest absolute Gasteiger partial charge is 0.497 e. The molecule has 1 amide bonds. The smallest absolute Gasteiger partial charge is 0.252 e. The third-order valence-electron chi connectivity index (χ3n) is 8.01. The summed E-state index contributed by atoms with van der Waals surface area (Å²) in [6.45, 7) is 7.61. The van der Waals surface area contributed by atoms with Crippen molar-refractivity contribution in [2.45, 2.75) is 69.6 Å². The number of methoxy groups -OCH3 is 1. The summed E-state index contributed by atoms with van der Waals surface area (Å²) in [6, 6.07) is 11.4. The van der Waals surface area contributed by atoms with Gasteiger partial charge in [0.25, 0.3) is 5.91 Å². The predicted molar refractivity (Wildman–Crippen MR) is 149 cm³/mol. The van der Waals surface area contributed by atoms with E-state index in [-0.39, 0.29) is 37.5 Å². The number of ether oxygens (including phenoxy) is 6. The number of halogens is 2. The molecule has 0 spiro atoms. The second kappa shape index (κ2) is 13.3. The van der Waals surface area contributed by atoms with Gasteiger partial charge in [0.2, 0.25) is 0 Å². The van der Waals surface area contributed by atoms with Gasteiger partial charge in [-0.1, -0.05) is 24.3 Å². The number of carbonyl (C=O) groups excluding carboxylic acids is 1. The van der Waals surface area contributed by atoms with Crippen LogP contribution >= 0.6 is 0 Å². The molecule has 2 saturated heterocycles. The van der Waals surface area contributed by atoms with Crippen LogP contribution in [0.15, 0.2) is 42.5 Å². The zero-order chi connectivity index (χ0) is 29.7. The van der Waals surface area contributed by atoms with Crippen LogP contribution in [0.25, 0.3) is 0 Å². The predicted octanol–water partition coefficient (Wildman–Crippen LogP) is 3.58. The molecular weight excluding hydrogens is 550 g/mol. The summed E-state index contributed by atoms with van der Waals surface area (Å²) in [5, 5.41) is 3.08. The number of fused-ring (bicyclic) bond motifs is 1. The van der Waals surface area contributed by atoms with E-state index in [2.05, 4.69) is 10.2 Å². The van der Waals surface area contributed by atoms with Crippen molar-refractivity contribution in [1.29, 1.82) is 0 Å². The summed E-state index contributed by atoms with van der Waals surface area (Å²) < 4.78 is 64.3. The van der Waals surface area contributed by atoms with Gasteiger partial charge >= 0.3 is 0 Å². The van der Waals surface area contributed by atoms with Gasteiger partial charge in [-0.05, 0) is 37.6 Å². The Morgan fingerprint density at radius 3 is 2.64 bits per heavy atom. The number of nitrogens with one attached hydrogen (secondary N) is 1. The number of nitrogens with zero attached hydrogens (tertiary/aromatic N) is 1. The van der Waals surface area contributed by atoms with Crippen LogP contribution in [-0.4, -0.2) is 87.0 Å². The second-order valence-corrected chi connectivity index (χ2v) is 11.5. The molecule has 2 aromatic carbocycles. The normalized spacial score (nSPS) is 27.4. The molecule has 3 fully saturated rings. The first-order chi connectivity index (χ1) is 20.2. The van der Waals surface area contributed by atoms with Crippen molar-refractivity contribution >= 4 is 5.91 Å². The maximum atomic E-state index is 14.5. The number of rotatable bonds is 11. The highest BCUT2D eigenvalue weighted by molar-refractivity contribution is 5.85. The Morgan fingerprint density at radius 2 is 1.86 bits per heavy atom. The molecule has 11 heteroatoms. The monoisotopic (exact) mass is 590 g/mol. The molecule has 42 heavy (non-hydrogen) atoms. The van der Waals surface area contributed by atoms with Crippen molar-refractivity contribution in [1.82, 2.24) is 10.2 Å². The van der Waals surface area contributed by atoms with Crippen molar-refractivity contribution in [3.8, 4) is 5.75 Å². The van der Waals surface area contributed by atoms with Crippen LogP contribution in [-0.2, 0) is 41.7 Å². The second-order valence-electron chi connectivity index (χ2n) is 11.5. The molecule has 5 rings (SSSR count). The Kier molecular flexibility index (Phi) is 9.76. The molecule has 0 aromatic heterocycles. The lowest BCUT2D eigenvalue weighted by Gasteiger charge is -2.43. The number of hydrogen-bond donors (Lipinski definition) is 1. The molecule has 2 aromatic rings. The number of carbonyl (C=O) groups is 1. The van der Waals surface area contributed by atoms with Gasteiger partial charge in [0.15, 0.2) is 23.0 Å². The van der Waals surface area contributed by atoms with Gasteiger partial charge in [-0.25, -0.2) is 8.78 Å². The molecule has 0 bridgehead atoms. The molecule has 0 radical (unpaired) electrons. The van der Waals surface area contributed by atoms with Crippen LogP contribution in [0.2, 0.25) is 0 Å². The van der Waals surface area contributed by atoms with E-state index in [1.165, 1.54) is 12.1 Å². The van der Waals surface area contributed by atoms with E-state index in [4.69, 9.17) is 28.4 Å². The third kappa shape index (κ3) is 7.27. The SMILES string of the molecule is COc1cccc(CO[C@]2(C(=O)NCCN3CCOCC3)CC(OCc3cccc(F)c3F)[C@@H]3OC(C)(C)O[C@@H]3C2)c1. The van der Waals surface area contributed by atoms with Gasteiger partial charge in [-0.2, -0.15) is 0 Å². The maximum Gasteiger partial charge on any atom is 0.252 e. The van der Waals surface area contributed by atoms with Crippen molar-refractivity contribution in [2.75, 3.05) is 46.5 Å². The highest BCUT2D eigenvalue weighted by Gasteiger charge is 2.58. The van der Waals surface area contributed by atoms with E-state index in [1.807, 2.05) is 24.3 Å². The lowest BCUT2D eigenvalue weighted by Crippen LogP contribution is -2.60. The standard InChI is InChI=1S/C31H40F2N2O7/c1-30(2)41-26-18-31(40-19-21-6-4-8-23(16-21)37-3,29(36)34-10-11-35-12-14-38-15-13-35)17-25(28(26)42-30)39-20-22-7-5-9-24(32)27(22)33/h4-9,16,25-26,28H,10-15,17-20H2,1-3H3,(H,34,36)/t25?,26-,28+,31-/m1/s1. The summed E-state index contributed by atoms with van der Waals surface area (Å²) in [5.41, 5.74) is -0.419. The van der Waals surface area contributed by atoms with Crippen LogP contribution in [0.5, 0.6) is 5.75 Å². The van der Waals surface area contributed by atoms with Crippen molar-refractivity contribution < 1.29 is 42.0 Å². The lowest BCUT2D eigenvalue weighted by molar-refractivity contribution is -0.183. The highest BCUT2D eigenvalue weighted by Crippen LogP contribution is 2.44. The van der Waals surface area contributed by atoms with Crippen LogP contribution < -0.4 is 10.1 Å². The minimum absolute atomic E-state index is 0.0770. The first kappa shape index (κ1) is 30.8. The van der Waals surface area contributed by atoms with Gasteiger partial charge in [-0.3, -0.25) is 9.69 Å². The molecule has 2 aliphatic heterocycles. The molecule has 3 aliphatic rings. The Hall–Kier alpha value is -2.67. The Balaban J connectivity index is 1.38. The number of hydrogen-bond acceptors (Lipinski definition) is 8. The van der Waals surface area contributed by atoms with Crippen LogP contribution in [0.3, 0.4) is 0 Å². The van der Waals surface area contributed by atoms with Crippen LogP contribution in [0.1, 0.15) is 37.8 Å². The Bertz CT molecular complexity index is 1230. The fraction of sp³-hybridized carbons (Fsp3) is 0.581. The molecule has 1 N–H and O–H groups in total. The van der Waals surface area contributed by atoms with Gasteiger partial charge in [0.05, 0.1) is 45.7 Å². The summed E-state index contributed by atoms with van der Waals surface area (Å²) in [4.78, 5) is 16.2. The minimum Gasteiger partial charge on any atom is -0.497 e. The van der Waals surface area contributed by atoms with E-state index in [1.54, 1.807) is 21.0 Å². The topological polar surface area (TPSA) is 87.7 Å². The summed E-state index contributed by atoms with van der Waals surface area (Å²) in [7, 11) is 1.59. The maximum absolute atomic E-state index is 14.5. The molecule has 2 heterocycles. The molecule has 9 nitrogen and oxygen atoms in total. The van der Waals surface area contributed by atoms with Crippen molar-refractivity contribution in [3.63, 3.8) is 0 Å². The molecule has 1 saturated carbocycles. The van der Waals surface area contributed by atoms with E-state index in [9.17, 15) is 13.6 Å². The molecule has 1 aliphatic carbocycles. The van der Waals surface area contributed by atoms with E-state index in [0.717, 1.165) is 24.7 Å². The first-order valence-corrected chi connectivity index (χ1v) is 14.4. The first-order valence-electron chi connectivity index (χ1n) is 14.4. The minimum atomic E-state index is -1.33. The lowest BCUT2D eigenvalue weighted by atomic mass is 9.78. The van der Waals surface area contributed by atoms with Gasteiger partial charge < -0.3 is 33.7 Å². The zero-order valence-electron chi connectivity index (χ0n) is 24.4. The van der Waals surface area contributed by atoms with E-state index in [0.29, 0.717) is 32.1 Å². The molecular formula is C31H40F2N2O7. The fourth-order valence-electron chi connectivity index (χ4n) is 5.86. The summed E-state index contributed by atoms with van der Waals surface area (Å²) >= 11 is 0. The van der Waals surface area contributed by atoms with E-state index >= 15 is 0 Å². The molecule has 1 unspecified atom stereocenters. The number of amides is 1. The number of morpholine rings is 1. The molecule has 4 atom stereocenters. The number of benzene rings is 2. The van der Waals surface area contributed by atoms with Gasteiger partial charge in [0.1, 0.15) is 11.9 Å². The van der Waals surface area contributed by atoms with Crippen molar-refractivity contribution in [3.05, 3.63) is 65.2 Å². The Morgan fingerprint density at radius 1 is 1.07 bits per heavy atom. The Labute approximate surface area is 245 Å². The van der Waals surface area contributed by atoms with Gasteiger partial charge in [-0.15, -0.1) is 0 Å². The fourth-order valence-corrected chi connectivity index (χ4v) is 5.86. The summed E-state index contributed by atoms with van der Waals surface area (Å²) in [5.74, 6) is -2.44. The quantitative estimate of drug-likeness (QED) is 0.425. The average Bonchev–Trinajstić information content (AvgIpc) is 3.31. The van der Waals surface area contributed by atoms with Gasteiger partial charge in [0, 0.05) is 44.6 Å². The van der Waals surface area contributed by atoms with Crippen LogP contribution in [0.4, 0.5) is 8.78 Å². The van der Waals surface area contributed by atoms with Crippen LogP contribution in [0, 0.1) is 11.6 Å².